The molecule has 6 heteroatoms. The first-order valence-electron chi connectivity index (χ1n) is 9.24. The van der Waals surface area contributed by atoms with Crippen molar-refractivity contribution in [3.05, 3.63) is 101 Å². The number of hydrogen-bond acceptors (Lipinski definition) is 4. The van der Waals surface area contributed by atoms with Crippen molar-refractivity contribution in [2.75, 3.05) is 6.54 Å². The van der Waals surface area contributed by atoms with Crippen LogP contribution in [0.2, 0.25) is 0 Å². The molecule has 3 aromatic carbocycles. The Hall–Kier alpha value is -3.25. The molecule has 1 heterocycles. The minimum atomic E-state index is -3.92. The van der Waals surface area contributed by atoms with Crippen molar-refractivity contribution in [3.63, 3.8) is 0 Å². The van der Waals surface area contributed by atoms with Crippen LogP contribution in [0.1, 0.15) is 32.6 Å². The maximum absolute atomic E-state index is 13.2. The molecule has 0 aromatic heterocycles. The summed E-state index contributed by atoms with van der Waals surface area (Å²) in [5, 5.41) is 4.40. The molecular formula is C23H20N2O3S. The van der Waals surface area contributed by atoms with Crippen LogP contribution in [0.3, 0.4) is 0 Å². The highest BCUT2D eigenvalue weighted by atomic mass is 32.2. The Morgan fingerprint density at radius 1 is 0.931 bits per heavy atom. The second-order valence-electron chi connectivity index (χ2n) is 7.04. The average Bonchev–Trinajstić information content (AvgIpc) is 2.71. The van der Waals surface area contributed by atoms with Crippen molar-refractivity contribution >= 4 is 21.5 Å². The van der Waals surface area contributed by atoms with Gasteiger partial charge in [0.15, 0.2) is 5.78 Å². The van der Waals surface area contributed by atoms with Crippen LogP contribution in [0.5, 0.6) is 0 Å². The monoisotopic (exact) mass is 404 g/mol. The average molecular weight is 404 g/mol. The van der Waals surface area contributed by atoms with Gasteiger partial charge in [0.2, 0.25) is 0 Å². The minimum Gasteiger partial charge on any atom is -0.292 e. The molecule has 0 N–H and O–H groups in total. The standard InChI is InChI=1S/C23H20N2O3S/c1-16-12-13-19(17(2)14-16)21(26)15-25-24-23(18-8-4-3-5-9-18)20-10-6-7-11-22(20)29(25,27)28/h3-14H,15H2,1-2H3. The highest BCUT2D eigenvalue weighted by Gasteiger charge is 2.34. The van der Waals surface area contributed by atoms with Crippen molar-refractivity contribution in [2.24, 2.45) is 5.10 Å². The molecule has 0 spiro atoms. The van der Waals surface area contributed by atoms with Gasteiger partial charge in [-0.15, -0.1) is 0 Å². The minimum absolute atomic E-state index is 0.155. The third-order valence-electron chi connectivity index (χ3n) is 4.92. The van der Waals surface area contributed by atoms with E-state index in [9.17, 15) is 13.2 Å². The van der Waals surface area contributed by atoms with Gasteiger partial charge >= 0.3 is 0 Å². The lowest BCUT2D eigenvalue weighted by atomic mass is 10.0. The number of nitrogens with zero attached hydrogens (tertiary/aromatic N) is 2. The van der Waals surface area contributed by atoms with E-state index in [0.29, 0.717) is 16.8 Å². The van der Waals surface area contributed by atoms with Crippen LogP contribution in [0.15, 0.2) is 82.8 Å². The fourth-order valence-electron chi connectivity index (χ4n) is 3.48. The summed E-state index contributed by atoms with van der Waals surface area (Å²) in [5.74, 6) is -0.290. The maximum Gasteiger partial charge on any atom is 0.280 e. The van der Waals surface area contributed by atoms with Crippen LogP contribution >= 0.6 is 0 Å². The van der Waals surface area contributed by atoms with Crippen LogP contribution in [0, 0.1) is 13.8 Å². The van der Waals surface area contributed by atoms with Gasteiger partial charge in [0.05, 0.1) is 4.90 Å². The molecule has 0 radical (unpaired) electrons. The highest BCUT2D eigenvalue weighted by Crippen LogP contribution is 2.29. The number of hydrogen-bond donors (Lipinski definition) is 0. The summed E-state index contributed by atoms with van der Waals surface area (Å²) in [6.07, 6.45) is 0. The van der Waals surface area contributed by atoms with Gasteiger partial charge in [0.1, 0.15) is 12.3 Å². The zero-order valence-corrected chi connectivity index (χ0v) is 17.0. The Bertz CT molecular complexity index is 1230. The van der Waals surface area contributed by atoms with E-state index in [-0.39, 0.29) is 17.2 Å². The number of rotatable bonds is 4. The molecule has 1 aliphatic rings. The van der Waals surface area contributed by atoms with Gasteiger partial charge in [-0.25, -0.2) is 0 Å². The summed E-state index contributed by atoms with van der Waals surface area (Å²) in [5.41, 5.74) is 4.22. The molecule has 1 aliphatic heterocycles. The third kappa shape index (κ3) is 3.47. The first-order chi connectivity index (χ1) is 13.9. The molecule has 0 atom stereocenters. The quantitative estimate of drug-likeness (QED) is 0.619. The molecule has 0 fully saturated rings. The van der Waals surface area contributed by atoms with E-state index in [0.717, 1.165) is 21.1 Å². The molecule has 0 amide bonds. The number of carbonyl (C=O) groups excluding carboxylic acids is 1. The molecule has 5 nitrogen and oxygen atoms in total. The number of Topliss-reactive ketones (excluding diaryl/α,β-unsaturated/α-hetero) is 1. The van der Waals surface area contributed by atoms with Crippen LogP contribution < -0.4 is 0 Å². The van der Waals surface area contributed by atoms with Crippen LogP contribution in [-0.4, -0.2) is 30.9 Å². The zero-order valence-electron chi connectivity index (χ0n) is 16.2. The fourth-order valence-corrected chi connectivity index (χ4v) is 4.88. The number of fused-ring (bicyclic) bond motifs is 1. The SMILES string of the molecule is Cc1ccc(C(=O)CN2N=C(c3ccccc3)c3ccccc3S2(=O)=O)c(C)c1. The Morgan fingerprint density at radius 2 is 1.62 bits per heavy atom. The fraction of sp³-hybridized carbons (Fsp3) is 0.130. The second kappa shape index (κ2) is 7.29. The van der Waals surface area contributed by atoms with E-state index in [1.807, 2.05) is 56.3 Å². The summed E-state index contributed by atoms with van der Waals surface area (Å²) in [7, 11) is -3.92. The third-order valence-corrected chi connectivity index (χ3v) is 6.59. The van der Waals surface area contributed by atoms with Gasteiger partial charge < -0.3 is 0 Å². The van der Waals surface area contributed by atoms with E-state index in [1.54, 1.807) is 30.3 Å². The van der Waals surface area contributed by atoms with E-state index < -0.39 is 10.0 Å². The van der Waals surface area contributed by atoms with Crippen molar-refractivity contribution in [2.45, 2.75) is 18.7 Å². The van der Waals surface area contributed by atoms with Gasteiger partial charge in [-0.2, -0.15) is 17.9 Å². The molecule has 29 heavy (non-hydrogen) atoms. The predicted octanol–water partition coefficient (Wildman–Crippen LogP) is 3.94. The lowest BCUT2D eigenvalue weighted by Crippen LogP contribution is -2.37. The molecule has 0 unspecified atom stereocenters. The van der Waals surface area contributed by atoms with Crippen LogP contribution in [0.25, 0.3) is 0 Å². The van der Waals surface area contributed by atoms with Crippen molar-refractivity contribution < 1.29 is 13.2 Å². The number of hydrazone groups is 1. The molecule has 146 valence electrons. The predicted molar refractivity (Wildman–Crippen MR) is 113 cm³/mol. The number of sulfonamides is 1. The molecule has 0 saturated carbocycles. The summed E-state index contributed by atoms with van der Waals surface area (Å²) >= 11 is 0. The molecule has 4 rings (SSSR count). The summed E-state index contributed by atoms with van der Waals surface area (Å²) < 4.78 is 27.2. The lowest BCUT2D eigenvalue weighted by molar-refractivity contribution is 0.0966. The zero-order chi connectivity index (χ0) is 20.6. The molecule has 0 saturated heterocycles. The second-order valence-corrected chi connectivity index (χ2v) is 8.85. The Balaban J connectivity index is 1.79. The van der Waals surface area contributed by atoms with Crippen LogP contribution in [0.4, 0.5) is 0 Å². The Labute approximate surface area is 170 Å². The molecule has 3 aromatic rings. The van der Waals surface area contributed by atoms with E-state index in [4.69, 9.17) is 0 Å². The number of benzene rings is 3. The first-order valence-corrected chi connectivity index (χ1v) is 10.7. The van der Waals surface area contributed by atoms with E-state index in [1.165, 1.54) is 0 Å². The molecule has 0 aliphatic carbocycles. The molecular weight excluding hydrogens is 384 g/mol. The largest absolute Gasteiger partial charge is 0.292 e. The van der Waals surface area contributed by atoms with Gasteiger partial charge in [-0.05, 0) is 25.5 Å². The highest BCUT2D eigenvalue weighted by molar-refractivity contribution is 7.89. The van der Waals surface area contributed by atoms with Gasteiger partial charge in [0.25, 0.3) is 10.0 Å². The van der Waals surface area contributed by atoms with Crippen LogP contribution in [-0.2, 0) is 10.0 Å². The summed E-state index contributed by atoms with van der Waals surface area (Å²) in [6.45, 7) is 3.44. The maximum atomic E-state index is 13.2. The molecule has 0 bridgehead atoms. The number of aryl methyl sites for hydroxylation is 2. The van der Waals surface area contributed by atoms with E-state index >= 15 is 0 Å². The van der Waals surface area contributed by atoms with Gasteiger partial charge in [-0.3, -0.25) is 4.79 Å². The Kier molecular flexibility index (Phi) is 4.80. The first kappa shape index (κ1) is 19.1. The number of carbonyl (C=O) groups is 1. The van der Waals surface area contributed by atoms with Gasteiger partial charge in [-0.1, -0.05) is 72.3 Å². The van der Waals surface area contributed by atoms with Crippen molar-refractivity contribution in [3.8, 4) is 0 Å². The number of ketones is 1. The normalized spacial score (nSPS) is 14.8. The topological polar surface area (TPSA) is 66.8 Å². The van der Waals surface area contributed by atoms with Crippen molar-refractivity contribution in [1.29, 1.82) is 0 Å². The lowest BCUT2D eigenvalue weighted by Gasteiger charge is -2.26. The summed E-state index contributed by atoms with van der Waals surface area (Å²) in [4.78, 5) is 13.1. The Morgan fingerprint density at radius 3 is 2.34 bits per heavy atom. The summed E-state index contributed by atoms with van der Waals surface area (Å²) in [6, 6.07) is 21.6. The smallest absolute Gasteiger partial charge is 0.280 e. The van der Waals surface area contributed by atoms with Gasteiger partial charge in [0, 0.05) is 16.7 Å². The van der Waals surface area contributed by atoms with E-state index in [2.05, 4.69) is 5.10 Å². The van der Waals surface area contributed by atoms with Crippen molar-refractivity contribution in [1.82, 2.24) is 4.41 Å².